The summed E-state index contributed by atoms with van der Waals surface area (Å²) in [4.78, 5) is 0. The highest BCUT2D eigenvalue weighted by atomic mass is 79.9. The molecule has 0 saturated heterocycles. The molecular formula is C11H10BrNO2S2. The molecule has 0 spiro atoms. The van der Waals surface area contributed by atoms with Crippen molar-refractivity contribution in [2.75, 3.05) is 5.73 Å². The number of benzene rings is 1. The van der Waals surface area contributed by atoms with Gasteiger partial charge in [-0.2, -0.15) is 0 Å². The lowest BCUT2D eigenvalue weighted by Crippen LogP contribution is -2.04. The number of sulfone groups is 1. The van der Waals surface area contributed by atoms with Crippen LogP contribution >= 0.6 is 27.3 Å². The summed E-state index contributed by atoms with van der Waals surface area (Å²) >= 11 is 4.53. The first-order valence-corrected chi connectivity index (χ1v) is 8.12. The zero-order valence-electron chi connectivity index (χ0n) is 8.76. The van der Waals surface area contributed by atoms with Crippen LogP contribution in [-0.4, -0.2) is 8.42 Å². The minimum absolute atomic E-state index is 0.0425. The van der Waals surface area contributed by atoms with Gasteiger partial charge in [0.2, 0.25) is 0 Å². The topological polar surface area (TPSA) is 60.2 Å². The Labute approximate surface area is 112 Å². The molecule has 6 heteroatoms. The SMILES string of the molecule is Nc1cccc(CS(=O)(=O)c2cccs2)c1Br. The van der Waals surface area contributed by atoms with E-state index in [-0.39, 0.29) is 5.75 Å². The molecule has 2 aromatic rings. The molecule has 0 aliphatic rings. The fourth-order valence-corrected chi connectivity index (χ4v) is 4.47. The molecule has 1 aromatic carbocycles. The minimum atomic E-state index is -3.28. The van der Waals surface area contributed by atoms with E-state index in [9.17, 15) is 8.42 Å². The van der Waals surface area contributed by atoms with Crippen molar-refractivity contribution >= 4 is 42.8 Å². The maximum atomic E-state index is 12.1. The van der Waals surface area contributed by atoms with E-state index in [0.29, 0.717) is 19.9 Å². The van der Waals surface area contributed by atoms with Gasteiger partial charge in [-0.15, -0.1) is 11.3 Å². The number of hydrogen-bond acceptors (Lipinski definition) is 4. The fourth-order valence-electron chi connectivity index (χ4n) is 1.43. The molecule has 1 heterocycles. The van der Waals surface area contributed by atoms with Gasteiger partial charge in [0.1, 0.15) is 4.21 Å². The predicted octanol–water partition coefficient (Wildman–Crippen LogP) is 3.07. The third kappa shape index (κ3) is 2.70. The summed E-state index contributed by atoms with van der Waals surface area (Å²) in [6.07, 6.45) is 0. The number of rotatable bonds is 3. The summed E-state index contributed by atoms with van der Waals surface area (Å²) in [6, 6.07) is 8.57. The maximum Gasteiger partial charge on any atom is 0.191 e. The monoisotopic (exact) mass is 331 g/mol. The summed E-state index contributed by atoms with van der Waals surface area (Å²) < 4.78 is 25.2. The Morgan fingerprint density at radius 1 is 1.24 bits per heavy atom. The van der Waals surface area contributed by atoms with Crippen LogP contribution in [0.25, 0.3) is 0 Å². The van der Waals surface area contributed by atoms with Gasteiger partial charge >= 0.3 is 0 Å². The van der Waals surface area contributed by atoms with Crippen molar-refractivity contribution in [3.05, 3.63) is 45.7 Å². The second kappa shape index (κ2) is 4.80. The summed E-state index contributed by atoms with van der Waals surface area (Å²) in [6.45, 7) is 0. The van der Waals surface area contributed by atoms with Gasteiger partial charge in [-0.25, -0.2) is 8.42 Å². The first-order chi connectivity index (χ1) is 8.00. The lowest BCUT2D eigenvalue weighted by Gasteiger charge is -2.06. The molecule has 2 N–H and O–H groups in total. The lowest BCUT2D eigenvalue weighted by atomic mass is 10.2. The van der Waals surface area contributed by atoms with Crippen molar-refractivity contribution in [3.8, 4) is 0 Å². The van der Waals surface area contributed by atoms with E-state index in [1.165, 1.54) is 11.3 Å². The van der Waals surface area contributed by atoms with Crippen molar-refractivity contribution < 1.29 is 8.42 Å². The van der Waals surface area contributed by atoms with E-state index in [4.69, 9.17) is 5.73 Å². The zero-order chi connectivity index (χ0) is 12.5. The molecule has 0 aliphatic carbocycles. The minimum Gasteiger partial charge on any atom is -0.398 e. The van der Waals surface area contributed by atoms with E-state index in [1.807, 2.05) is 0 Å². The highest BCUT2D eigenvalue weighted by molar-refractivity contribution is 9.10. The van der Waals surface area contributed by atoms with Crippen molar-refractivity contribution in [1.82, 2.24) is 0 Å². The van der Waals surface area contributed by atoms with Crippen molar-refractivity contribution in [3.63, 3.8) is 0 Å². The molecule has 3 nitrogen and oxygen atoms in total. The molecule has 0 fully saturated rings. The number of halogens is 1. The number of hydrogen-bond donors (Lipinski definition) is 1. The summed E-state index contributed by atoms with van der Waals surface area (Å²) in [7, 11) is -3.28. The average molecular weight is 332 g/mol. The van der Waals surface area contributed by atoms with E-state index in [0.717, 1.165) is 0 Å². The van der Waals surface area contributed by atoms with Crippen molar-refractivity contribution in [1.29, 1.82) is 0 Å². The Morgan fingerprint density at radius 2 is 2.00 bits per heavy atom. The summed E-state index contributed by atoms with van der Waals surface area (Å²) in [5.74, 6) is -0.0425. The molecule has 17 heavy (non-hydrogen) atoms. The maximum absolute atomic E-state index is 12.1. The van der Waals surface area contributed by atoms with Crippen LogP contribution in [0, 0.1) is 0 Å². The van der Waals surface area contributed by atoms with Crippen molar-refractivity contribution in [2.24, 2.45) is 0 Å². The van der Waals surface area contributed by atoms with Crippen LogP contribution in [0.3, 0.4) is 0 Å². The molecule has 0 radical (unpaired) electrons. The molecule has 0 unspecified atom stereocenters. The Kier molecular flexibility index (Phi) is 3.56. The highest BCUT2D eigenvalue weighted by Crippen LogP contribution is 2.28. The standard InChI is InChI=1S/C11H10BrNO2S2/c12-11-8(3-1-4-9(11)13)7-17(14,15)10-5-2-6-16-10/h1-6H,7,13H2. The second-order valence-electron chi connectivity index (χ2n) is 3.51. The molecular weight excluding hydrogens is 322 g/mol. The van der Waals surface area contributed by atoms with Gasteiger partial charge in [-0.05, 0) is 39.0 Å². The molecule has 0 amide bonds. The van der Waals surface area contributed by atoms with Gasteiger partial charge < -0.3 is 5.73 Å². The quantitative estimate of drug-likeness (QED) is 0.879. The van der Waals surface area contributed by atoms with E-state index >= 15 is 0 Å². The van der Waals surface area contributed by atoms with Gasteiger partial charge in [0.25, 0.3) is 0 Å². The number of anilines is 1. The Balaban J connectivity index is 2.37. The van der Waals surface area contributed by atoms with Crippen molar-refractivity contribution in [2.45, 2.75) is 9.96 Å². The van der Waals surface area contributed by atoms with Crippen LogP contribution in [0.1, 0.15) is 5.56 Å². The van der Waals surface area contributed by atoms with Crippen LogP contribution in [0.15, 0.2) is 44.4 Å². The first-order valence-electron chi connectivity index (χ1n) is 4.80. The van der Waals surface area contributed by atoms with Gasteiger partial charge in [0, 0.05) is 10.2 Å². The predicted molar refractivity (Wildman–Crippen MR) is 73.8 cm³/mol. The van der Waals surface area contributed by atoms with Crippen LogP contribution in [0.4, 0.5) is 5.69 Å². The number of nitrogens with two attached hydrogens (primary N) is 1. The Bertz CT molecular complexity index is 621. The van der Waals surface area contributed by atoms with Crippen LogP contribution < -0.4 is 5.73 Å². The first kappa shape index (κ1) is 12.6. The smallest absolute Gasteiger partial charge is 0.191 e. The van der Waals surface area contributed by atoms with Crippen LogP contribution in [0.5, 0.6) is 0 Å². The largest absolute Gasteiger partial charge is 0.398 e. The molecule has 90 valence electrons. The van der Waals surface area contributed by atoms with Gasteiger partial charge in [0.15, 0.2) is 9.84 Å². The molecule has 1 aromatic heterocycles. The summed E-state index contributed by atoms with van der Waals surface area (Å²) in [5, 5.41) is 1.75. The normalized spacial score (nSPS) is 11.6. The second-order valence-corrected chi connectivity index (χ2v) is 7.47. The fraction of sp³-hybridized carbons (Fsp3) is 0.0909. The van der Waals surface area contributed by atoms with E-state index < -0.39 is 9.84 Å². The Hall–Kier alpha value is -0.850. The molecule has 0 bridgehead atoms. The number of thiophene rings is 1. The van der Waals surface area contributed by atoms with Crippen LogP contribution in [0.2, 0.25) is 0 Å². The molecule has 2 rings (SSSR count). The third-order valence-electron chi connectivity index (χ3n) is 2.26. The molecule has 0 aliphatic heterocycles. The number of nitrogen functional groups attached to an aromatic ring is 1. The van der Waals surface area contributed by atoms with Gasteiger partial charge in [-0.3, -0.25) is 0 Å². The highest BCUT2D eigenvalue weighted by Gasteiger charge is 2.18. The van der Waals surface area contributed by atoms with Gasteiger partial charge in [0.05, 0.1) is 5.75 Å². The zero-order valence-corrected chi connectivity index (χ0v) is 12.0. The summed E-state index contributed by atoms with van der Waals surface area (Å²) in [5.41, 5.74) is 6.94. The van der Waals surface area contributed by atoms with Gasteiger partial charge in [-0.1, -0.05) is 18.2 Å². The third-order valence-corrected chi connectivity index (χ3v) is 6.38. The van der Waals surface area contributed by atoms with E-state index in [2.05, 4.69) is 15.9 Å². The Morgan fingerprint density at radius 3 is 2.65 bits per heavy atom. The van der Waals surface area contributed by atoms with Crippen LogP contribution in [-0.2, 0) is 15.6 Å². The molecule has 0 saturated carbocycles. The average Bonchev–Trinajstić information content (AvgIpc) is 2.78. The van der Waals surface area contributed by atoms with E-state index in [1.54, 1.807) is 35.7 Å². The molecule has 0 atom stereocenters. The lowest BCUT2D eigenvalue weighted by molar-refractivity contribution is 0.597.